The summed E-state index contributed by atoms with van der Waals surface area (Å²) in [7, 11) is 0. The summed E-state index contributed by atoms with van der Waals surface area (Å²) in [6.45, 7) is 4.42. The van der Waals surface area contributed by atoms with Gasteiger partial charge in [0.15, 0.2) is 0 Å². The van der Waals surface area contributed by atoms with Crippen molar-refractivity contribution < 1.29 is 0 Å². The number of rotatable bonds is 2. The van der Waals surface area contributed by atoms with Crippen LogP contribution in [-0.2, 0) is 6.42 Å². The van der Waals surface area contributed by atoms with E-state index in [1.54, 1.807) is 0 Å². The van der Waals surface area contributed by atoms with Crippen molar-refractivity contribution in [3.05, 3.63) is 46.8 Å². The standard InChI is InChI=1S/C13H14S/c1-3-11-9-13(14-10(11)2)12-7-5-4-6-8-12/h4-9H,3H2,1-2H3. The highest BCUT2D eigenvalue weighted by Gasteiger charge is 2.04. The quantitative estimate of drug-likeness (QED) is 0.681. The fraction of sp³-hybridized carbons (Fsp3) is 0.231. The van der Waals surface area contributed by atoms with Gasteiger partial charge in [-0.25, -0.2) is 0 Å². The predicted molar refractivity (Wildman–Crippen MR) is 63.9 cm³/mol. The summed E-state index contributed by atoms with van der Waals surface area (Å²) in [5.41, 5.74) is 2.81. The second kappa shape index (κ2) is 3.97. The maximum atomic E-state index is 2.31. The fourth-order valence-corrected chi connectivity index (χ4v) is 2.73. The average Bonchev–Trinajstić information content (AvgIpc) is 2.61. The summed E-state index contributed by atoms with van der Waals surface area (Å²) in [6.07, 6.45) is 1.13. The van der Waals surface area contributed by atoms with Gasteiger partial charge in [0, 0.05) is 9.75 Å². The zero-order valence-corrected chi connectivity index (χ0v) is 9.40. The van der Waals surface area contributed by atoms with Crippen LogP contribution in [0.4, 0.5) is 0 Å². The van der Waals surface area contributed by atoms with Crippen molar-refractivity contribution in [3.8, 4) is 10.4 Å². The van der Waals surface area contributed by atoms with Crippen LogP contribution in [0.5, 0.6) is 0 Å². The molecule has 0 fully saturated rings. The Morgan fingerprint density at radius 1 is 1.14 bits per heavy atom. The Morgan fingerprint density at radius 3 is 2.43 bits per heavy atom. The van der Waals surface area contributed by atoms with Crippen LogP contribution >= 0.6 is 11.3 Å². The zero-order chi connectivity index (χ0) is 9.97. The summed E-state index contributed by atoms with van der Waals surface area (Å²) in [4.78, 5) is 2.84. The Hall–Kier alpha value is -1.08. The summed E-state index contributed by atoms with van der Waals surface area (Å²) >= 11 is 1.89. The molecule has 0 unspecified atom stereocenters. The Balaban J connectivity index is 2.43. The van der Waals surface area contributed by atoms with Crippen LogP contribution in [0.25, 0.3) is 10.4 Å². The molecule has 0 saturated carbocycles. The molecule has 2 rings (SSSR count). The Kier molecular flexibility index (Phi) is 2.69. The molecule has 0 radical (unpaired) electrons. The zero-order valence-electron chi connectivity index (χ0n) is 8.58. The van der Waals surface area contributed by atoms with Gasteiger partial charge in [0.05, 0.1) is 0 Å². The van der Waals surface area contributed by atoms with Crippen molar-refractivity contribution in [1.82, 2.24) is 0 Å². The van der Waals surface area contributed by atoms with E-state index in [0.29, 0.717) is 0 Å². The molecule has 0 spiro atoms. The molecule has 1 heteroatoms. The minimum absolute atomic E-state index is 1.13. The largest absolute Gasteiger partial charge is 0.140 e. The number of hydrogen-bond acceptors (Lipinski definition) is 1. The fourth-order valence-electron chi connectivity index (χ4n) is 1.62. The van der Waals surface area contributed by atoms with Crippen molar-refractivity contribution in [3.63, 3.8) is 0 Å². The van der Waals surface area contributed by atoms with Crippen molar-refractivity contribution >= 4 is 11.3 Å². The van der Waals surface area contributed by atoms with Gasteiger partial charge in [-0.05, 0) is 30.5 Å². The molecule has 0 saturated heterocycles. The molecule has 0 aliphatic heterocycles. The molecule has 0 nitrogen and oxygen atoms in total. The molecule has 14 heavy (non-hydrogen) atoms. The van der Waals surface area contributed by atoms with Crippen molar-refractivity contribution in [1.29, 1.82) is 0 Å². The van der Waals surface area contributed by atoms with Crippen LogP contribution in [0.1, 0.15) is 17.4 Å². The van der Waals surface area contributed by atoms with Crippen LogP contribution in [-0.4, -0.2) is 0 Å². The molecule has 2 aromatic rings. The molecule has 72 valence electrons. The molecule has 0 atom stereocenters. The van der Waals surface area contributed by atoms with Crippen LogP contribution in [0.15, 0.2) is 36.4 Å². The van der Waals surface area contributed by atoms with Gasteiger partial charge in [-0.1, -0.05) is 37.3 Å². The SMILES string of the molecule is CCc1cc(-c2ccccc2)sc1C. The highest BCUT2D eigenvalue weighted by molar-refractivity contribution is 7.15. The summed E-state index contributed by atoms with van der Waals surface area (Å²) in [5.74, 6) is 0. The van der Waals surface area contributed by atoms with Crippen LogP contribution in [0, 0.1) is 6.92 Å². The van der Waals surface area contributed by atoms with Gasteiger partial charge in [0.1, 0.15) is 0 Å². The van der Waals surface area contributed by atoms with E-state index in [2.05, 4.69) is 50.2 Å². The third kappa shape index (κ3) is 1.73. The van der Waals surface area contributed by atoms with Crippen molar-refractivity contribution in [2.24, 2.45) is 0 Å². The van der Waals surface area contributed by atoms with Crippen LogP contribution in [0.2, 0.25) is 0 Å². The molecule has 0 amide bonds. The lowest BCUT2D eigenvalue weighted by atomic mass is 10.1. The first kappa shape index (κ1) is 9.47. The Bertz CT molecular complexity index is 412. The minimum atomic E-state index is 1.13. The van der Waals surface area contributed by atoms with Crippen molar-refractivity contribution in [2.75, 3.05) is 0 Å². The van der Waals surface area contributed by atoms with E-state index in [1.165, 1.54) is 20.9 Å². The topological polar surface area (TPSA) is 0 Å². The van der Waals surface area contributed by atoms with Gasteiger partial charge in [0.25, 0.3) is 0 Å². The molecule has 1 aromatic heterocycles. The van der Waals surface area contributed by atoms with E-state index in [4.69, 9.17) is 0 Å². The third-order valence-electron chi connectivity index (χ3n) is 2.46. The highest BCUT2D eigenvalue weighted by atomic mass is 32.1. The smallest absolute Gasteiger partial charge is 0.0348 e. The molecule has 1 aromatic carbocycles. The molecule has 0 N–H and O–H groups in total. The van der Waals surface area contributed by atoms with Gasteiger partial charge in [-0.2, -0.15) is 0 Å². The van der Waals surface area contributed by atoms with Crippen LogP contribution < -0.4 is 0 Å². The monoisotopic (exact) mass is 202 g/mol. The summed E-state index contributed by atoms with van der Waals surface area (Å²) in [6, 6.07) is 12.9. The summed E-state index contributed by atoms with van der Waals surface area (Å²) in [5, 5.41) is 0. The second-order valence-electron chi connectivity index (χ2n) is 3.41. The minimum Gasteiger partial charge on any atom is -0.140 e. The average molecular weight is 202 g/mol. The van der Waals surface area contributed by atoms with E-state index in [-0.39, 0.29) is 0 Å². The molecule has 0 aliphatic carbocycles. The molecular formula is C13H14S. The number of aryl methyl sites for hydroxylation is 2. The molecule has 0 aliphatic rings. The summed E-state index contributed by atoms with van der Waals surface area (Å²) < 4.78 is 0. The molecule has 0 bridgehead atoms. The lowest BCUT2D eigenvalue weighted by Crippen LogP contribution is -1.75. The van der Waals surface area contributed by atoms with Gasteiger partial charge in [0.2, 0.25) is 0 Å². The predicted octanol–water partition coefficient (Wildman–Crippen LogP) is 4.29. The van der Waals surface area contributed by atoms with E-state index < -0.39 is 0 Å². The Labute approximate surface area is 89.2 Å². The number of thiophene rings is 1. The lowest BCUT2D eigenvalue weighted by molar-refractivity contribution is 1.13. The molecular weight excluding hydrogens is 188 g/mol. The number of hydrogen-bond donors (Lipinski definition) is 0. The second-order valence-corrected chi connectivity index (χ2v) is 4.67. The highest BCUT2D eigenvalue weighted by Crippen LogP contribution is 2.30. The maximum absolute atomic E-state index is 2.31. The van der Waals surface area contributed by atoms with Gasteiger partial charge in [-0.15, -0.1) is 11.3 Å². The van der Waals surface area contributed by atoms with E-state index in [9.17, 15) is 0 Å². The van der Waals surface area contributed by atoms with E-state index in [1.807, 2.05) is 11.3 Å². The van der Waals surface area contributed by atoms with E-state index in [0.717, 1.165) is 6.42 Å². The first-order valence-electron chi connectivity index (χ1n) is 4.96. The van der Waals surface area contributed by atoms with Crippen molar-refractivity contribution in [2.45, 2.75) is 20.3 Å². The Morgan fingerprint density at radius 2 is 1.86 bits per heavy atom. The third-order valence-corrected chi connectivity index (χ3v) is 3.60. The van der Waals surface area contributed by atoms with E-state index >= 15 is 0 Å². The van der Waals surface area contributed by atoms with Crippen LogP contribution in [0.3, 0.4) is 0 Å². The normalized spacial score (nSPS) is 10.4. The van der Waals surface area contributed by atoms with Gasteiger partial charge >= 0.3 is 0 Å². The number of benzene rings is 1. The maximum Gasteiger partial charge on any atom is 0.0348 e. The first-order valence-corrected chi connectivity index (χ1v) is 5.77. The van der Waals surface area contributed by atoms with Gasteiger partial charge in [-0.3, -0.25) is 0 Å². The molecule has 1 heterocycles. The lowest BCUT2D eigenvalue weighted by Gasteiger charge is -1.94. The first-order chi connectivity index (χ1) is 6.81. The van der Waals surface area contributed by atoms with Gasteiger partial charge < -0.3 is 0 Å².